The maximum Gasteiger partial charge on any atom is 0.123 e. The van der Waals surface area contributed by atoms with E-state index in [4.69, 9.17) is 5.73 Å². The molecule has 2 aromatic rings. The summed E-state index contributed by atoms with van der Waals surface area (Å²) in [6.45, 7) is 0. The van der Waals surface area contributed by atoms with Gasteiger partial charge in [0.05, 0.1) is 0 Å². The lowest BCUT2D eigenvalue weighted by molar-refractivity contribution is 0.411. The lowest BCUT2D eigenvalue weighted by Crippen LogP contribution is -2.32. The molecule has 3 heteroatoms. The van der Waals surface area contributed by atoms with Gasteiger partial charge >= 0.3 is 0 Å². The van der Waals surface area contributed by atoms with Crippen LogP contribution in [0.25, 0.3) is 10.8 Å². The average Bonchev–Trinajstić information content (AvgIpc) is 2.43. The third-order valence-corrected chi connectivity index (χ3v) is 4.03. The SMILES string of the molecule is NC1CCC(Nc2cccc3c(O)cccc23)CC1. The molecule has 1 fully saturated rings. The molecule has 0 aromatic heterocycles. The van der Waals surface area contributed by atoms with Crippen LogP contribution in [0.2, 0.25) is 0 Å². The van der Waals surface area contributed by atoms with Crippen LogP contribution in [-0.2, 0) is 0 Å². The quantitative estimate of drug-likeness (QED) is 0.773. The molecule has 0 amide bonds. The summed E-state index contributed by atoms with van der Waals surface area (Å²) in [6.07, 6.45) is 4.42. The Morgan fingerprint density at radius 2 is 1.63 bits per heavy atom. The van der Waals surface area contributed by atoms with Crippen LogP contribution < -0.4 is 11.1 Å². The number of nitrogens with two attached hydrogens (primary N) is 1. The normalized spacial score (nSPS) is 23.4. The smallest absolute Gasteiger partial charge is 0.123 e. The first-order valence-electron chi connectivity index (χ1n) is 6.97. The van der Waals surface area contributed by atoms with Crippen molar-refractivity contribution in [3.63, 3.8) is 0 Å². The molecular formula is C16H20N2O. The average molecular weight is 256 g/mol. The second kappa shape index (κ2) is 5.10. The molecule has 1 aliphatic carbocycles. The van der Waals surface area contributed by atoms with E-state index in [2.05, 4.69) is 11.4 Å². The number of benzene rings is 2. The molecule has 100 valence electrons. The van der Waals surface area contributed by atoms with Crippen molar-refractivity contribution in [2.45, 2.75) is 37.8 Å². The van der Waals surface area contributed by atoms with Gasteiger partial charge in [0.25, 0.3) is 0 Å². The van der Waals surface area contributed by atoms with Crippen LogP contribution in [0.1, 0.15) is 25.7 Å². The van der Waals surface area contributed by atoms with Crippen molar-refractivity contribution in [2.24, 2.45) is 5.73 Å². The van der Waals surface area contributed by atoms with Crippen molar-refractivity contribution in [1.82, 2.24) is 0 Å². The summed E-state index contributed by atoms with van der Waals surface area (Å²) in [5, 5.41) is 15.5. The van der Waals surface area contributed by atoms with Crippen molar-refractivity contribution in [1.29, 1.82) is 0 Å². The van der Waals surface area contributed by atoms with Gasteiger partial charge in [-0.25, -0.2) is 0 Å². The van der Waals surface area contributed by atoms with Gasteiger partial charge in [-0.3, -0.25) is 0 Å². The summed E-state index contributed by atoms with van der Waals surface area (Å²) >= 11 is 0. The fraction of sp³-hybridized carbons (Fsp3) is 0.375. The molecule has 2 aromatic carbocycles. The molecule has 0 spiro atoms. The lowest BCUT2D eigenvalue weighted by atomic mass is 9.91. The van der Waals surface area contributed by atoms with Gasteiger partial charge in [0, 0.05) is 28.5 Å². The number of rotatable bonds is 2. The maximum atomic E-state index is 9.89. The minimum absolute atomic E-state index is 0.340. The highest BCUT2D eigenvalue weighted by Gasteiger charge is 2.18. The van der Waals surface area contributed by atoms with E-state index in [9.17, 15) is 5.11 Å². The topological polar surface area (TPSA) is 58.3 Å². The predicted molar refractivity (Wildman–Crippen MR) is 79.5 cm³/mol. The van der Waals surface area contributed by atoms with Crippen molar-refractivity contribution < 1.29 is 5.11 Å². The molecule has 0 bridgehead atoms. The first kappa shape index (κ1) is 12.3. The zero-order chi connectivity index (χ0) is 13.2. The number of phenols is 1. The van der Waals surface area contributed by atoms with E-state index in [1.165, 1.54) is 0 Å². The van der Waals surface area contributed by atoms with Gasteiger partial charge < -0.3 is 16.2 Å². The summed E-state index contributed by atoms with van der Waals surface area (Å²) < 4.78 is 0. The van der Waals surface area contributed by atoms with Crippen molar-refractivity contribution in [3.8, 4) is 5.75 Å². The highest BCUT2D eigenvalue weighted by atomic mass is 16.3. The van der Waals surface area contributed by atoms with E-state index in [1.807, 2.05) is 24.3 Å². The zero-order valence-electron chi connectivity index (χ0n) is 11.0. The molecular weight excluding hydrogens is 236 g/mol. The number of phenolic OH excluding ortho intramolecular Hbond substituents is 1. The first-order chi connectivity index (χ1) is 9.24. The number of fused-ring (bicyclic) bond motifs is 1. The van der Waals surface area contributed by atoms with Crippen LogP contribution in [0.3, 0.4) is 0 Å². The Bertz CT molecular complexity index is 574. The van der Waals surface area contributed by atoms with E-state index >= 15 is 0 Å². The van der Waals surface area contributed by atoms with E-state index in [1.54, 1.807) is 6.07 Å². The van der Waals surface area contributed by atoms with E-state index in [0.717, 1.165) is 42.1 Å². The Balaban J connectivity index is 1.87. The van der Waals surface area contributed by atoms with E-state index < -0.39 is 0 Å². The Hall–Kier alpha value is -1.74. The van der Waals surface area contributed by atoms with E-state index in [0.29, 0.717) is 17.8 Å². The first-order valence-corrected chi connectivity index (χ1v) is 6.97. The third-order valence-electron chi connectivity index (χ3n) is 4.03. The van der Waals surface area contributed by atoms with Crippen LogP contribution in [-0.4, -0.2) is 17.2 Å². The minimum Gasteiger partial charge on any atom is -0.507 e. The van der Waals surface area contributed by atoms with Gasteiger partial charge in [-0.15, -0.1) is 0 Å². The van der Waals surface area contributed by atoms with Gasteiger partial charge in [0.2, 0.25) is 0 Å². The van der Waals surface area contributed by atoms with Crippen LogP contribution in [0.15, 0.2) is 36.4 Å². The van der Waals surface area contributed by atoms with Crippen LogP contribution in [0.4, 0.5) is 5.69 Å². The molecule has 0 aliphatic heterocycles. The van der Waals surface area contributed by atoms with Crippen LogP contribution in [0, 0.1) is 0 Å². The number of anilines is 1. The third kappa shape index (κ3) is 2.51. The van der Waals surface area contributed by atoms with Crippen LogP contribution >= 0.6 is 0 Å². The van der Waals surface area contributed by atoms with Crippen molar-refractivity contribution in [2.75, 3.05) is 5.32 Å². The highest BCUT2D eigenvalue weighted by molar-refractivity contribution is 5.97. The molecule has 1 saturated carbocycles. The van der Waals surface area contributed by atoms with Gasteiger partial charge in [0.1, 0.15) is 5.75 Å². The molecule has 0 heterocycles. The van der Waals surface area contributed by atoms with Gasteiger partial charge in [-0.1, -0.05) is 24.3 Å². The molecule has 1 aliphatic rings. The summed E-state index contributed by atoms with van der Waals surface area (Å²) in [5.74, 6) is 0.340. The van der Waals surface area contributed by atoms with E-state index in [-0.39, 0.29) is 0 Å². The Labute approximate surface area is 113 Å². The standard InChI is InChI=1S/C16H20N2O/c17-11-7-9-12(10-8-11)18-15-5-1-4-14-13(15)3-2-6-16(14)19/h1-6,11-12,18-19H,7-10,17H2. The number of aromatic hydroxyl groups is 1. The highest BCUT2D eigenvalue weighted by Crippen LogP contribution is 2.31. The predicted octanol–water partition coefficient (Wildman–Crippen LogP) is 3.23. The minimum atomic E-state index is 0.340. The Kier molecular flexibility index (Phi) is 3.30. The monoisotopic (exact) mass is 256 g/mol. The summed E-state index contributed by atoms with van der Waals surface area (Å²) in [6, 6.07) is 12.5. The second-order valence-electron chi connectivity index (χ2n) is 5.43. The fourth-order valence-electron chi connectivity index (χ4n) is 2.90. The molecule has 19 heavy (non-hydrogen) atoms. The number of hydrogen-bond acceptors (Lipinski definition) is 3. The number of hydrogen-bond donors (Lipinski definition) is 3. The molecule has 0 atom stereocenters. The van der Waals surface area contributed by atoms with Crippen molar-refractivity contribution in [3.05, 3.63) is 36.4 Å². The Morgan fingerprint density at radius 1 is 0.947 bits per heavy atom. The summed E-state index contributed by atoms with van der Waals surface area (Å²) in [5.41, 5.74) is 7.05. The molecule has 3 nitrogen and oxygen atoms in total. The number of nitrogens with one attached hydrogen (secondary N) is 1. The molecule has 0 radical (unpaired) electrons. The molecule has 3 rings (SSSR count). The second-order valence-corrected chi connectivity index (χ2v) is 5.43. The summed E-state index contributed by atoms with van der Waals surface area (Å²) in [7, 11) is 0. The maximum absolute atomic E-state index is 9.89. The largest absolute Gasteiger partial charge is 0.507 e. The zero-order valence-corrected chi connectivity index (χ0v) is 11.0. The molecule has 0 unspecified atom stereocenters. The molecule has 0 saturated heterocycles. The molecule has 4 N–H and O–H groups in total. The van der Waals surface area contributed by atoms with Gasteiger partial charge in [-0.2, -0.15) is 0 Å². The summed E-state index contributed by atoms with van der Waals surface area (Å²) in [4.78, 5) is 0. The Morgan fingerprint density at radius 3 is 2.42 bits per heavy atom. The van der Waals surface area contributed by atoms with Crippen molar-refractivity contribution >= 4 is 16.5 Å². The van der Waals surface area contributed by atoms with Gasteiger partial charge in [0.15, 0.2) is 0 Å². The van der Waals surface area contributed by atoms with Gasteiger partial charge in [-0.05, 0) is 37.8 Å². The fourth-order valence-corrected chi connectivity index (χ4v) is 2.90. The van der Waals surface area contributed by atoms with Crippen LogP contribution in [0.5, 0.6) is 5.75 Å². The lowest BCUT2D eigenvalue weighted by Gasteiger charge is -2.28.